The molecule has 2 aromatic carbocycles. The smallest absolute Gasteiger partial charge is 0.276 e. The van der Waals surface area contributed by atoms with Crippen LogP contribution in [0.15, 0.2) is 58.7 Å². The van der Waals surface area contributed by atoms with Gasteiger partial charge in [-0.05, 0) is 23.8 Å². The first-order valence-electron chi connectivity index (χ1n) is 6.01. The Hall–Kier alpha value is -2.82. The van der Waals surface area contributed by atoms with Gasteiger partial charge in [-0.15, -0.1) is 5.10 Å². The molecular weight excluding hydrogens is 257 g/mol. The number of para-hydroxylation sites is 1. The summed E-state index contributed by atoms with van der Waals surface area (Å²) in [6, 6.07) is 13.1. The zero-order valence-electron chi connectivity index (χ0n) is 10.4. The molecule has 0 atom stereocenters. The Morgan fingerprint density at radius 3 is 2.60 bits per heavy atom. The van der Waals surface area contributed by atoms with Gasteiger partial charge in [0, 0.05) is 5.56 Å². The van der Waals surface area contributed by atoms with E-state index in [-0.39, 0.29) is 17.4 Å². The maximum atomic E-state index is 12.7. The maximum Gasteiger partial charge on any atom is 0.276 e. The van der Waals surface area contributed by atoms with E-state index in [2.05, 4.69) is 15.5 Å². The topological polar surface area (TPSA) is 53.8 Å². The fraction of sp³-hybridized carbons (Fsp3) is 0. The first-order chi connectivity index (χ1) is 9.74. The highest BCUT2D eigenvalue weighted by Crippen LogP contribution is 2.22. The second-order valence-corrected chi connectivity index (χ2v) is 4.24. The van der Waals surface area contributed by atoms with Crippen molar-refractivity contribution in [3.05, 3.63) is 65.5 Å². The lowest BCUT2D eigenvalue weighted by atomic mass is 10.1. The number of rotatable bonds is 2. The molecule has 0 aromatic heterocycles. The summed E-state index contributed by atoms with van der Waals surface area (Å²) in [4.78, 5) is 11.8. The van der Waals surface area contributed by atoms with E-state index in [1.807, 2.05) is 12.1 Å². The Morgan fingerprint density at radius 2 is 1.80 bits per heavy atom. The van der Waals surface area contributed by atoms with E-state index in [1.165, 1.54) is 18.3 Å². The molecule has 0 fully saturated rings. The lowest BCUT2D eigenvalue weighted by molar-refractivity contribution is -0.110. The van der Waals surface area contributed by atoms with Crippen LogP contribution < -0.4 is 5.32 Å². The zero-order chi connectivity index (χ0) is 13.9. The normalized spacial score (nSPS) is 15.7. The van der Waals surface area contributed by atoms with Gasteiger partial charge in [0.2, 0.25) is 0 Å². The van der Waals surface area contributed by atoms with Crippen molar-refractivity contribution in [2.45, 2.75) is 0 Å². The SMILES string of the molecule is O=C1Nc2ccccc2C1=NN=Cc1ccc(F)cc1. The third-order valence-corrected chi connectivity index (χ3v) is 2.88. The lowest BCUT2D eigenvalue weighted by Gasteiger charge is -1.94. The fourth-order valence-corrected chi connectivity index (χ4v) is 1.90. The number of carbonyl (C=O) groups excluding carboxylic acids is 1. The molecule has 1 N–H and O–H groups in total. The molecule has 0 saturated carbocycles. The number of halogens is 1. The second-order valence-electron chi connectivity index (χ2n) is 4.24. The molecule has 0 spiro atoms. The standard InChI is InChI=1S/C15H10FN3O/c16-11-7-5-10(6-8-11)9-17-19-14-12-3-1-2-4-13(12)18-15(14)20/h1-9H,(H,18,19,20). The maximum absolute atomic E-state index is 12.7. The number of nitrogens with one attached hydrogen (secondary N) is 1. The number of hydrogen-bond acceptors (Lipinski definition) is 3. The molecule has 1 aliphatic rings. The van der Waals surface area contributed by atoms with Crippen LogP contribution in [0.25, 0.3) is 0 Å². The van der Waals surface area contributed by atoms with E-state index < -0.39 is 0 Å². The van der Waals surface area contributed by atoms with Gasteiger partial charge in [0.1, 0.15) is 5.82 Å². The molecular formula is C15H10FN3O. The largest absolute Gasteiger partial charge is 0.320 e. The van der Waals surface area contributed by atoms with Crippen molar-refractivity contribution in [2.24, 2.45) is 10.2 Å². The molecule has 3 rings (SSSR count). The molecule has 0 unspecified atom stereocenters. The van der Waals surface area contributed by atoms with Crippen LogP contribution in [0.1, 0.15) is 11.1 Å². The van der Waals surface area contributed by atoms with Gasteiger partial charge in [-0.1, -0.05) is 30.3 Å². The summed E-state index contributed by atoms with van der Waals surface area (Å²) in [5.74, 6) is -0.583. The van der Waals surface area contributed by atoms with Crippen LogP contribution in [-0.2, 0) is 4.79 Å². The summed E-state index contributed by atoms with van der Waals surface area (Å²) in [5.41, 5.74) is 2.45. The third kappa shape index (κ3) is 2.33. The Bertz CT molecular complexity index is 720. The minimum atomic E-state index is -0.308. The quantitative estimate of drug-likeness (QED) is 0.660. The van der Waals surface area contributed by atoms with Crippen LogP contribution in [0.2, 0.25) is 0 Å². The molecule has 0 saturated heterocycles. The summed E-state index contributed by atoms with van der Waals surface area (Å²) in [7, 11) is 0. The van der Waals surface area contributed by atoms with Crippen molar-refractivity contribution in [1.29, 1.82) is 0 Å². The summed E-state index contributed by atoms with van der Waals surface area (Å²) >= 11 is 0. The predicted molar refractivity (Wildman–Crippen MR) is 75.6 cm³/mol. The molecule has 0 radical (unpaired) electrons. The van der Waals surface area contributed by atoms with Gasteiger partial charge in [0.25, 0.3) is 5.91 Å². The van der Waals surface area contributed by atoms with Gasteiger partial charge in [0.05, 0.1) is 11.9 Å². The van der Waals surface area contributed by atoms with Crippen LogP contribution in [-0.4, -0.2) is 17.8 Å². The van der Waals surface area contributed by atoms with Gasteiger partial charge in [-0.2, -0.15) is 5.10 Å². The fourth-order valence-electron chi connectivity index (χ4n) is 1.90. The van der Waals surface area contributed by atoms with E-state index in [0.29, 0.717) is 5.56 Å². The first kappa shape index (κ1) is 12.2. The van der Waals surface area contributed by atoms with Crippen molar-refractivity contribution < 1.29 is 9.18 Å². The highest BCUT2D eigenvalue weighted by Gasteiger charge is 2.25. The number of benzene rings is 2. The minimum absolute atomic E-state index is 0.276. The van der Waals surface area contributed by atoms with Crippen LogP contribution >= 0.6 is 0 Å². The predicted octanol–water partition coefficient (Wildman–Crippen LogP) is 2.60. The van der Waals surface area contributed by atoms with Crippen LogP contribution in [0.3, 0.4) is 0 Å². The molecule has 98 valence electrons. The zero-order valence-corrected chi connectivity index (χ0v) is 10.4. The Kier molecular flexibility index (Phi) is 3.09. The van der Waals surface area contributed by atoms with Gasteiger partial charge in [-0.3, -0.25) is 4.79 Å². The highest BCUT2D eigenvalue weighted by molar-refractivity contribution is 6.53. The second kappa shape index (κ2) is 5.05. The van der Waals surface area contributed by atoms with Gasteiger partial charge >= 0.3 is 0 Å². The summed E-state index contributed by atoms with van der Waals surface area (Å²) in [6.07, 6.45) is 1.47. The van der Waals surface area contributed by atoms with E-state index in [0.717, 1.165) is 11.3 Å². The molecule has 1 aliphatic heterocycles. The molecule has 2 aromatic rings. The number of hydrogen-bond donors (Lipinski definition) is 1. The van der Waals surface area contributed by atoms with Crippen molar-refractivity contribution in [3.63, 3.8) is 0 Å². The van der Waals surface area contributed by atoms with Crippen molar-refractivity contribution >= 4 is 23.5 Å². The van der Waals surface area contributed by atoms with Crippen LogP contribution in [0.5, 0.6) is 0 Å². The Morgan fingerprint density at radius 1 is 1.05 bits per heavy atom. The number of nitrogens with zero attached hydrogens (tertiary/aromatic N) is 2. The van der Waals surface area contributed by atoms with Crippen LogP contribution in [0.4, 0.5) is 10.1 Å². The van der Waals surface area contributed by atoms with Crippen molar-refractivity contribution in [2.75, 3.05) is 5.32 Å². The molecule has 5 heteroatoms. The van der Waals surface area contributed by atoms with Crippen LogP contribution in [0, 0.1) is 5.82 Å². The molecule has 1 heterocycles. The molecule has 1 amide bonds. The average molecular weight is 267 g/mol. The first-order valence-corrected chi connectivity index (χ1v) is 6.01. The summed E-state index contributed by atoms with van der Waals surface area (Å²) < 4.78 is 12.7. The van der Waals surface area contributed by atoms with Crippen molar-refractivity contribution in [1.82, 2.24) is 0 Å². The van der Waals surface area contributed by atoms with E-state index in [9.17, 15) is 9.18 Å². The van der Waals surface area contributed by atoms with E-state index in [4.69, 9.17) is 0 Å². The van der Waals surface area contributed by atoms with E-state index in [1.54, 1.807) is 24.3 Å². The molecule has 20 heavy (non-hydrogen) atoms. The Balaban J connectivity index is 1.86. The molecule has 0 aliphatic carbocycles. The molecule has 0 bridgehead atoms. The van der Waals surface area contributed by atoms with Gasteiger partial charge in [-0.25, -0.2) is 4.39 Å². The lowest BCUT2D eigenvalue weighted by Crippen LogP contribution is -2.13. The summed E-state index contributed by atoms with van der Waals surface area (Å²) in [5, 5.41) is 10.5. The van der Waals surface area contributed by atoms with E-state index >= 15 is 0 Å². The number of fused-ring (bicyclic) bond motifs is 1. The third-order valence-electron chi connectivity index (χ3n) is 2.88. The highest BCUT2D eigenvalue weighted by atomic mass is 19.1. The number of anilines is 1. The summed E-state index contributed by atoms with van der Waals surface area (Å²) in [6.45, 7) is 0. The average Bonchev–Trinajstić information content (AvgIpc) is 2.77. The van der Waals surface area contributed by atoms with Gasteiger partial charge < -0.3 is 5.32 Å². The van der Waals surface area contributed by atoms with Crippen molar-refractivity contribution in [3.8, 4) is 0 Å². The number of carbonyl (C=O) groups is 1. The number of amides is 1. The monoisotopic (exact) mass is 267 g/mol. The van der Waals surface area contributed by atoms with Gasteiger partial charge in [0.15, 0.2) is 5.71 Å². The molecule has 4 nitrogen and oxygen atoms in total. The minimum Gasteiger partial charge on any atom is -0.320 e. The Labute approximate surface area is 114 Å².